The van der Waals surface area contributed by atoms with Gasteiger partial charge in [0.15, 0.2) is 0 Å². The van der Waals surface area contributed by atoms with Gasteiger partial charge < -0.3 is 10.1 Å². The highest BCUT2D eigenvalue weighted by molar-refractivity contribution is 5.73. The van der Waals surface area contributed by atoms with Crippen LogP contribution in [0, 0.1) is 11.7 Å². The molecule has 0 heterocycles. The number of hydrogen-bond acceptors (Lipinski definition) is 3. The van der Waals surface area contributed by atoms with Crippen LogP contribution >= 0.6 is 0 Å². The molecule has 0 saturated heterocycles. The number of ether oxygens (including phenoxy) is 1. The summed E-state index contributed by atoms with van der Waals surface area (Å²) in [6, 6.07) is 6.44. The van der Waals surface area contributed by atoms with Crippen LogP contribution in [0.1, 0.15) is 31.2 Å². The van der Waals surface area contributed by atoms with Crippen LogP contribution in [0.2, 0.25) is 0 Å². The first-order valence-electron chi connectivity index (χ1n) is 6.87. The van der Waals surface area contributed by atoms with Gasteiger partial charge in [0.1, 0.15) is 5.82 Å². The van der Waals surface area contributed by atoms with Gasteiger partial charge in [0.25, 0.3) is 0 Å². The monoisotopic (exact) mass is 265 g/mol. The van der Waals surface area contributed by atoms with E-state index in [-0.39, 0.29) is 17.7 Å². The van der Waals surface area contributed by atoms with E-state index in [0.717, 1.165) is 37.8 Å². The van der Waals surface area contributed by atoms with Crippen molar-refractivity contribution in [3.05, 3.63) is 35.6 Å². The van der Waals surface area contributed by atoms with Gasteiger partial charge in [-0.15, -0.1) is 0 Å². The van der Waals surface area contributed by atoms with Crippen LogP contribution in [0.4, 0.5) is 4.39 Å². The Labute approximate surface area is 113 Å². The van der Waals surface area contributed by atoms with Crippen LogP contribution in [-0.4, -0.2) is 19.1 Å². The molecule has 0 bridgehead atoms. The number of halogens is 1. The number of rotatable bonds is 7. The van der Waals surface area contributed by atoms with E-state index in [1.807, 2.05) is 0 Å². The second-order valence-corrected chi connectivity index (χ2v) is 4.95. The molecule has 1 aromatic rings. The smallest absolute Gasteiger partial charge is 0.308 e. The molecule has 0 aromatic heterocycles. The van der Waals surface area contributed by atoms with E-state index in [1.54, 1.807) is 12.1 Å². The van der Waals surface area contributed by atoms with E-state index < -0.39 is 0 Å². The second kappa shape index (κ2) is 7.24. The van der Waals surface area contributed by atoms with Gasteiger partial charge in [-0.1, -0.05) is 18.6 Å². The third kappa shape index (κ3) is 4.63. The summed E-state index contributed by atoms with van der Waals surface area (Å²) in [5.74, 6) is -0.0939. The molecule has 1 N–H and O–H groups in total. The molecule has 0 aliphatic heterocycles. The molecule has 2 rings (SSSR count). The van der Waals surface area contributed by atoms with Crippen molar-refractivity contribution >= 4 is 5.97 Å². The quantitative estimate of drug-likeness (QED) is 0.608. The Hall–Kier alpha value is -1.42. The molecule has 1 aliphatic rings. The summed E-state index contributed by atoms with van der Waals surface area (Å²) in [4.78, 5) is 11.4. The average Bonchev–Trinajstić information content (AvgIpc) is 2.33. The summed E-state index contributed by atoms with van der Waals surface area (Å²) in [6.45, 7) is 1.97. The third-order valence-corrected chi connectivity index (χ3v) is 3.42. The zero-order valence-electron chi connectivity index (χ0n) is 11.0. The molecule has 4 heteroatoms. The van der Waals surface area contributed by atoms with Crippen molar-refractivity contribution in [1.29, 1.82) is 0 Å². The minimum absolute atomic E-state index is 0.0372. The van der Waals surface area contributed by atoms with Crippen molar-refractivity contribution in [2.45, 2.75) is 32.2 Å². The van der Waals surface area contributed by atoms with E-state index in [2.05, 4.69) is 5.32 Å². The summed E-state index contributed by atoms with van der Waals surface area (Å²) < 4.78 is 17.9. The summed E-state index contributed by atoms with van der Waals surface area (Å²) in [7, 11) is 0. The van der Waals surface area contributed by atoms with Gasteiger partial charge in [-0.3, -0.25) is 4.79 Å². The molecule has 19 heavy (non-hydrogen) atoms. The molecule has 1 saturated carbocycles. The molecule has 0 unspecified atom stereocenters. The number of benzene rings is 1. The van der Waals surface area contributed by atoms with Crippen LogP contribution in [0.15, 0.2) is 24.3 Å². The number of nitrogens with one attached hydrogen (secondary N) is 1. The standard InChI is InChI=1S/C15H20FNO2/c16-14-7-5-12(6-8-14)11-17-9-2-10-19-15(18)13-3-1-4-13/h5-8,13,17H,1-4,9-11H2. The highest BCUT2D eigenvalue weighted by Crippen LogP contribution is 2.27. The fourth-order valence-electron chi connectivity index (χ4n) is 1.97. The molecule has 0 spiro atoms. The first-order chi connectivity index (χ1) is 9.25. The zero-order valence-corrected chi connectivity index (χ0v) is 11.0. The van der Waals surface area contributed by atoms with Crippen LogP contribution in [0.3, 0.4) is 0 Å². The van der Waals surface area contributed by atoms with Gasteiger partial charge in [-0.25, -0.2) is 4.39 Å². The maximum Gasteiger partial charge on any atom is 0.308 e. The Morgan fingerprint density at radius 1 is 1.32 bits per heavy atom. The number of esters is 1. The van der Waals surface area contributed by atoms with E-state index in [9.17, 15) is 9.18 Å². The molecular formula is C15H20FNO2. The zero-order chi connectivity index (χ0) is 13.5. The minimum atomic E-state index is -0.216. The highest BCUT2D eigenvalue weighted by atomic mass is 19.1. The van der Waals surface area contributed by atoms with Crippen LogP contribution in [0.25, 0.3) is 0 Å². The molecule has 3 nitrogen and oxygen atoms in total. The van der Waals surface area contributed by atoms with Gasteiger partial charge in [0.2, 0.25) is 0 Å². The summed E-state index contributed by atoms with van der Waals surface area (Å²) in [6.07, 6.45) is 3.93. The van der Waals surface area contributed by atoms with Crippen LogP contribution in [-0.2, 0) is 16.1 Å². The van der Waals surface area contributed by atoms with Crippen molar-refractivity contribution in [3.63, 3.8) is 0 Å². The largest absolute Gasteiger partial charge is 0.465 e. The molecule has 0 atom stereocenters. The topological polar surface area (TPSA) is 38.3 Å². The Kier molecular flexibility index (Phi) is 5.33. The summed E-state index contributed by atoms with van der Waals surface area (Å²) in [5.41, 5.74) is 1.05. The predicted octanol–water partition coefficient (Wildman–Crippen LogP) is 2.65. The normalized spacial score (nSPS) is 15.0. The molecular weight excluding hydrogens is 245 g/mol. The number of carbonyl (C=O) groups excluding carboxylic acids is 1. The molecule has 1 fully saturated rings. The van der Waals surface area contributed by atoms with Gasteiger partial charge >= 0.3 is 5.97 Å². The maximum absolute atomic E-state index is 12.7. The van der Waals surface area contributed by atoms with Crippen LogP contribution < -0.4 is 5.32 Å². The molecule has 0 radical (unpaired) electrons. The molecule has 1 aliphatic carbocycles. The maximum atomic E-state index is 12.7. The summed E-state index contributed by atoms with van der Waals surface area (Å²) in [5, 5.41) is 3.24. The molecule has 104 valence electrons. The lowest BCUT2D eigenvalue weighted by atomic mass is 9.86. The summed E-state index contributed by atoms with van der Waals surface area (Å²) >= 11 is 0. The van der Waals surface area contributed by atoms with Crippen molar-refractivity contribution in [2.24, 2.45) is 5.92 Å². The first kappa shape index (κ1) is 14.0. The predicted molar refractivity (Wildman–Crippen MR) is 71.0 cm³/mol. The SMILES string of the molecule is O=C(OCCCNCc1ccc(F)cc1)C1CCC1. The Balaban J connectivity index is 1.50. The average molecular weight is 265 g/mol. The Morgan fingerprint density at radius 2 is 2.05 bits per heavy atom. The Morgan fingerprint density at radius 3 is 2.68 bits per heavy atom. The van der Waals surface area contributed by atoms with Crippen molar-refractivity contribution in [3.8, 4) is 0 Å². The van der Waals surface area contributed by atoms with E-state index in [4.69, 9.17) is 4.74 Å². The number of carbonyl (C=O) groups is 1. The van der Waals surface area contributed by atoms with Gasteiger partial charge in [0.05, 0.1) is 12.5 Å². The second-order valence-electron chi connectivity index (χ2n) is 4.95. The minimum Gasteiger partial charge on any atom is -0.465 e. The van der Waals surface area contributed by atoms with E-state index >= 15 is 0 Å². The van der Waals surface area contributed by atoms with Gasteiger partial charge in [0, 0.05) is 6.54 Å². The first-order valence-corrected chi connectivity index (χ1v) is 6.87. The Bertz CT molecular complexity index is 401. The fraction of sp³-hybridized carbons (Fsp3) is 0.533. The van der Waals surface area contributed by atoms with Crippen molar-refractivity contribution in [1.82, 2.24) is 5.32 Å². The third-order valence-electron chi connectivity index (χ3n) is 3.42. The van der Waals surface area contributed by atoms with E-state index in [1.165, 1.54) is 12.1 Å². The fourth-order valence-corrected chi connectivity index (χ4v) is 1.97. The van der Waals surface area contributed by atoms with Crippen LogP contribution in [0.5, 0.6) is 0 Å². The molecule has 0 amide bonds. The van der Waals surface area contributed by atoms with Crippen molar-refractivity contribution in [2.75, 3.05) is 13.2 Å². The van der Waals surface area contributed by atoms with Crippen molar-refractivity contribution < 1.29 is 13.9 Å². The van der Waals surface area contributed by atoms with Gasteiger partial charge in [-0.2, -0.15) is 0 Å². The molecule has 1 aromatic carbocycles. The lowest BCUT2D eigenvalue weighted by molar-refractivity contribution is -0.151. The lowest BCUT2D eigenvalue weighted by Crippen LogP contribution is -2.25. The number of hydrogen-bond donors (Lipinski definition) is 1. The highest BCUT2D eigenvalue weighted by Gasteiger charge is 2.26. The van der Waals surface area contributed by atoms with Gasteiger partial charge in [-0.05, 0) is 43.5 Å². The van der Waals surface area contributed by atoms with E-state index in [0.29, 0.717) is 13.2 Å². The lowest BCUT2D eigenvalue weighted by Gasteiger charge is -2.23.